The van der Waals surface area contributed by atoms with E-state index in [-0.39, 0.29) is 17.3 Å². The number of amides is 1. The van der Waals surface area contributed by atoms with Crippen LogP contribution in [-0.4, -0.2) is 31.4 Å². The molecule has 7 heteroatoms. The molecule has 0 unspecified atom stereocenters. The number of hydrogen-bond acceptors (Lipinski definition) is 4. The molecule has 4 rings (SSSR count). The molecule has 0 atom stereocenters. The molecule has 1 aliphatic carbocycles. The van der Waals surface area contributed by atoms with Gasteiger partial charge in [0.1, 0.15) is 5.65 Å². The molecule has 0 saturated heterocycles. The number of nitrogens with zero attached hydrogens (tertiary/aromatic N) is 3. The van der Waals surface area contributed by atoms with Crippen LogP contribution in [0.3, 0.4) is 0 Å². The van der Waals surface area contributed by atoms with Gasteiger partial charge in [0, 0.05) is 25.3 Å². The summed E-state index contributed by atoms with van der Waals surface area (Å²) in [6.45, 7) is 7.01. The number of hydrogen-bond donors (Lipinski definition) is 1. The van der Waals surface area contributed by atoms with Crippen molar-refractivity contribution in [3.8, 4) is 0 Å². The number of benzene rings is 1. The van der Waals surface area contributed by atoms with Gasteiger partial charge in [0.25, 0.3) is 11.5 Å². The van der Waals surface area contributed by atoms with Gasteiger partial charge < -0.3 is 4.90 Å². The maximum atomic E-state index is 13.3. The van der Waals surface area contributed by atoms with Crippen LogP contribution in [0, 0.1) is 0 Å². The minimum Gasteiger partial charge on any atom is -0.331 e. The second kappa shape index (κ2) is 7.89. The molecule has 0 spiro atoms. The van der Waals surface area contributed by atoms with Crippen molar-refractivity contribution >= 4 is 16.9 Å². The van der Waals surface area contributed by atoms with Crippen LogP contribution in [-0.2, 0) is 13.1 Å². The van der Waals surface area contributed by atoms with Gasteiger partial charge in [0.15, 0.2) is 0 Å². The smallest absolute Gasteiger partial charge is 0.329 e. The Morgan fingerprint density at radius 1 is 1.23 bits per heavy atom. The summed E-state index contributed by atoms with van der Waals surface area (Å²) >= 11 is 0. The number of nitrogens with one attached hydrogen (secondary N) is 1. The van der Waals surface area contributed by atoms with Crippen molar-refractivity contribution in [2.75, 3.05) is 0 Å². The zero-order chi connectivity index (χ0) is 21.4. The third kappa shape index (κ3) is 3.79. The molecule has 156 valence electrons. The number of fused-ring (bicyclic) bond motifs is 1. The number of aryl methyl sites for hydroxylation is 1. The second-order valence-electron chi connectivity index (χ2n) is 8.16. The number of rotatable bonds is 6. The van der Waals surface area contributed by atoms with E-state index in [1.54, 1.807) is 13.0 Å². The molecule has 3 aromatic rings. The van der Waals surface area contributed by atoms with E-state index in [0.29, 0.717) is 30.2 Å². The lowest BCUT2D eigenvalue weighted by molar-refractivity contribution is 0.0729. The molecule has 1 aromatic carbocycles. The lowest BCUT2D eigenvalue weighted by atomic mass is 10.0. The van der Waals surface area contributed by atoms with Gasteiger partial charge >= 0.3 is 5.69 Å². The van der Waals surface area contributed by atoms with Crippen molar-refractivity contribution in [1.82, 2.24) is 19.4 Å². The minimum atomic E-state index is -0.524. The Labute approximate surface area is 174 Å². The van der Waals surface area contributed by atoms with Crippen LogP contribution in [0.4, 0.5) is 0 Å². The first-order valence-electron chi connectivity index (χ1n) is 10.4. The summed E-state index contributed by atoms with van der Waals surface area (Å²) in [6, 6.07) is 10.1. The van der Waals surface area contributed by atoms with E-state index in [2.05, 4.69) is 48.1 Å². The first-order valence-corrected chi connectivity index (χ1v) is 10.4. The Kier molecular flexibility index (Phi) is 5.28. The molecule has 1 amide bonds. The number of pyridine rings is 1. The van der Waals surface area contributed by atoms with E-state index in [4.69, 9.17) is 0 Å². The van der Waals surface area contributed by atoms with Crippen molar-refractivity contribution in [3.05, 3.63) is 74.1 Å². The number of H-pyrrole nitrogens is 1. The molecule has 2 aromatic heterocycles. The van der Waals surface area contributed by atoms with E-state index < -0.39 is 11.2 Å². The molecule has 0 radical (unpaired) electrons. The van der Waals surface area contributed by atoms with E-state index in [9.17, 15) is 14.4 Å². The van der Waals surface area contributed by atoms with Gasteiger partial charge in [0.2, 0.25) is 0 Å². The van der Waals surface area contributed by atoms with Crippen LogP contribution in [0.5, 0.6) is 0 Å². The number of carbonyl (C=O) groups is 1. The van der Waals surface area contributed by atoms with Crippen molar-refractivity contribution in [2.45, 2.75) is 58.7 Å². The Balaban J connectivity index is 1.66. The highest BCUT2D eigenvalue weighted by Gasteiger charge is 2.33. The van der Waals surface area contributed by atoms with Crippen LogP contribution in [0.2, 0.25) is 0 Å². The van der Waals surface area contributed by atoms with E-state index >= 15 is 0 Å². The molecule has 1 N–H and O–H groups in total. The quantitative estimate of drug-likeness (QED) is 0.682. The van der Waals surface area contributed by atoms with Crippen LogP contribution in [0.1, 0.15) is 61.0 Å². The highest BCUT2D eigenvalue weighted by Crippen LogP contribution is 2.30. The van der Waals surface area contributed by atoms with Crippen molar-refractivity contribution in [3.63, 3.8) is 0 Å². The molecule has 0 bridgehead atoms. The highest BCUT2D eigenvalue weighted by molar-refractivity contribution is 5.97. The van der Waals surface area contributed by atoms with Gasteiger partial charge in [-0.15, -0.1) is 0 Å². The summed E-state index contributed by atoms with van der Waals surface area (Å²) in [4.78, 5) is 46.0. The summed E-state index contributed by atoms with van der Waals surface area (Å²) in [5, 5.41) is 0.249. The standard InChI is InChI=1S/C23H26N4O3/c1-4-26-20-19(21(28)25-23(26)30)11-17(12-24-20)22(29)27(18-9-10-18)13-15-5-7-16(8-6-15)14(2)3/h5-8,11-12,14,18H,4,9-10,13H2,1-3H3,(H,25,28,30). The zero-order valence-electron chi connectivity index (χ0n) is 17.5. The Hall–Kier alpha value is -3.22. The zero-order valence-corrected chi connectivity index (χ0v) is 17.5. The molecule has 0 aliphatic heterocycles. The third-order valence-corrected chi connectivity index (χ3v) is 5.64. The van der Waals surface area contributed by atoms with Crippen molar-refractivity contribution in [2.24, 2.45) is 0 Å². The van der Waals surface area contributed by atoms with Gasteiger partial charge in [0.05, 0.1) is 10.9 Å². The highest BCUT2D eigenvalue weighted by atomic mass is 16.2. The van der Waals surface area contributed by atoms with Gasteiger partial charge in [-0.05, 0) is 42.9 Å². The number of aromatic nitrogens is 3. The lowest BCUT2D eigenvalue weighted by Crippen LogP contribution is -2.34. The Morgan fingerprint density at radius 3 is 2.53 bits per heavy atom. The topological polar surface area (TPSA) is 88.1 Å². The number of carbonyl (C=O) groups excluding carboxylic acids is 1. The van der Waals surface area contributed by atoms with Crippen molar-refractivity contribution < 1.29 is 4.79 Å². The van der Waals surface area contributed by atoms with E-state index in [1.165, 1.54) is 16.3 Å². The van der Waals surface area contributed by atoms with Gasteiger partial charge in [-0.1, -0.05) is 38.1 Å². The maximum Gasteiger partial charge on any atom is 0.329 e. The summed E-state index contributed by atoms with van der Waals surface area (Å²) in [5.41, 5.74) is 1.98. The van der Waals surface area contributed by atoms with Crippen LogP contribution in [0.15, 0.2) is 46.1 Å². The monoisotopic (exact) mass is 406 g/mol. The fraction of sp³-hybridized carbons (Fsp3) is 0.391. The molecule has 1 aliphatic rings. The van der Waals surface area contributed by atoms with Gasteiger partial charge in [-0.3, -0.25) is 19.1 Å². The number of aromatic amines is 1. The third-order valence-electron chi connectivity index (χ3n) is 5.64. The molecular formula is C23H26N4O3. The fourth-order valence-corrected chi connectivity index (χ4v) is 3.70. The summed E-state index contributed by atoms with van der Waals surface area (Å²) in [7, 11) is 0. The second-order valence-corrected chi connectivity index (χ2v) is 8.16. The predicted octanol–water partition coefficient (Wildman–Crippen LogP) is 3.03. The Bertz CT molecular complexity index is 1200. The molecule has 2 heterocycles. The normalized spacial score (nSPS) is 13.7. The van der Waals surface area contributed by atoms with E-state index in [1.807, 2.05) is 4.90 Å². The molecular weight excluding hydrogens is 380 g/mol. The first-order chi connectivity index (χ1) is 14.4. The average molecular weight is 406 g/mol. The minimum absolute atomic E-state index is 0.145. The summed E-state index contributed by atoms with van der Waals surface area (Å²) < 4.78 is 1.39. The fourth-order valence-electron chi connectivity index (χ4n) is 3.70. The van der Waals surface area contributed by atoms with E-state index in [0.717, 1.165) is 18.4 Å². The summed E-state index contributed by atoms with van der Waals surface area (Å²) in [6.07, 6.45) is 3.42. The lowest BCUT2D eigenvalue weighted by Gasteiger charge is -2.23. The SMILES string of the molecule is CCn1c(=O)[nH]c(=O)c2cc(C(=O)N(Cc3ccc(C(C)C)cc3)C3CC3)cnc21. The van der Waals surface area contributed by atoms with Crippen molar-refractivity contribution in [1.29, 1.82) is 0 Å². The maximum absolute atomic E-state index is 13.3. The van der Waals surface area contributed by atoms with Gasteiger partial charge in [-0.25, -0.2) is 9.78 Å². The molecule has 1 fully saturated rings. The predicted molar refractivity (Wildman–Crippen MR) is 116 cm³/mol. The van der Waals surface area contributed by atoms with Crippen LogP contribution >= 0.6 is 0 Å². The molecule has 1 saturated carbocycles. The largest absolute Gasteiger partial charge is 0.331 e. The average Bonchev–Trinajstić information content (AvgIpc) is 3.57. The van der Waals surface area contributed by atoms with Gasteiger partial charge in [-0.2, -0.15) is 0 Å². The van der Waals surface area contributed by atoms with Crippen LogP contribution < -0.4 is 11.2 Å². The molecule has 7 nitrogen and oxygen atoms in total. The summed E-state index contributed by atoms with van der Waals surface area (Å²) in [5.74, 6) is 0.316. The first kappa shape index (κ1) is 20.1. The Morgan fingerprint density at radius 2 is 1.93 bits per heavy atom. The molecule has 30 heavy (non-hydrogen) atoms. The van der Waals surface area contributed by atoms with Crippen LogP contribution in [0.25, 0.3) is 11.0 Å².